The minimum absolute atomic E-state index is 0. The molecule has 0 aliphatic rings. The van der Waals surface area contributed by atoms with Gasteiger partial charge in [-0.05, 0) is 0 Å². The van der Waals surface area contributed by atoms with Crippen molar-refractivity contribution in [2.24, 2.45) is 0 Å². The van der Waals surface area contributed by atoms with E-state index in [1.807, 2.05) is 36.4 Å². The highest BCUT2D eigenvalue weighted by Crippen LogP contribution is 1.79. The van der Waals surface area contributed by atoms with Crippen molar-refractivity contribution in [3.63, 3.8) is 0 Å². The highest BCUT2D eigenvalue weighted by atomic mass is 32.3. The predicted molar refractivity (Wildman–Crippen MR) is 50.7 cm³/mol. The van der Waals surface area contributed by atoms with Crippen molar-refractivity contribution < 1.29 is 17.5 Å². The van der Waals surface area contributed by atoms with Crippen LogP contribution in [0.2, 0.25) is 0 Å². The highest BCUT2D eigenvalue weighted by molar-refractivity contribution is 7.79. The van der Waals surface area contributed by atoms with Crippen LogP contribution in [-0.4, -0.2) is 17.5 Å². The summed E-state index contributed by atoms with van der Waals surface area (Å²) in [6, 6.07) is 12.0. The molecule has 0 spiro atoms. The smallest absolute Gasteiger partial charge is 0.344 e. The van der Waals surface area contributed by atoms with E-state index in [-0.39, 0.29) is 12.3 Å². The molecule has 1 rings (SSSR count). The quantitative estimate of drug-likeness (QED) is 0.475. The molecule has 0 unspecified atom stereocenters. The summed E-state index contributed by atoms with van der Waals surface area (Å²) in [6.07, 6.45) is 0. The summed E-state index contributed by atoms with van der Waals surface area (Å²) >= 11 is 0. The van der Waals surface area contributed by atoms with Gasteiger partial charge >= 0.3 is 10.4 Å². The molecule has 0 saturated carbocycles. The third kappa shape index (κ3) is 35.6. The molecule has 8 N–H and O–H groups in total. The maximum atomic E-state index is 8.74. The van der Waals surface area contributed by atoms with Crippen LogP contribution in [0, 0.1) is 0 Å². The first-order valence-corrected chi connectivity index (χ1v) is 4.10. The Hall–Kier alpha value is -0.990. The van der Waals surface area contributed by atoms with E-state index in [0.717, 1.165) is 0 Å². The molecule has 1 aromatic carbocycles. The number of hydrogen-bond acceptors (Lipinski definition) is 4. The second kappa shape index (κ2) is 9.10. The lowest BCUT2D eigenvalue weighted by Crippen LogP contribution is -1.89. The van der Waals surface area contributed by atoms with Gasteiger partial charge in [0.15, 0.2) is 0 Å². The second-order valence-electron chi connectivity index (χ2n) is 1.60. The summed E-state index contributed by atoms with van der Waals surface area (Å²) in [7, 11) is -4.67. The average molecular weight is 210 g/mol. The molecule has 0 fully saturated rings. The van der Waals surface area contributed by atoms with Gasteiger partial charge in [-0.2, -0.15) is 8.42 Å². The molecule has 0 aliphatic carbocycles. The number of rotatable bonds is 0. The van der Waals surface area contributed by atoms with Gasteiger partial charge in [-0.15, -0.1) is 0 Å². The van der Waals surface area contributed by atoms with Crippen LogP contribution in [0.1, 0.15) is 0 Å². The summed E-state index contributed by atoms with van der Waals surface area (Å²) in [6.45, 7) is 0. The van der Waals surface area contributed by atoms with E-state index in [9.17, 15) is 0 Å². The van der Waals surface area contributed by atoms with Gasteiger partial charge in [0.1, 0.15) is 0 Å². The minimum Gasteiger partial charge on any atom is -0.344 e. The standard InChI is InChI=1S/C6H6.2H3N.H2O4S/c1-2-4-6-5-3-1;;;1-5(2,3)4/h1-6H;2*1H3;(H2,1,2,3,4). The Kier molecular flexibility index (Phi) is 12.6. The predicted octanol–water partition coefficient (Wildman–Crippen LogP) is 1.36. The first-order valence-electron chi connectivity index (χ1n) is 2.70. The van der Waals surface area contributed by atoms with E-state index in [2.05, 4.69) is 0 Å². The van der Waals surface area contributed by atoms with Crippen molar-refractivity contribution in [2.75, 3.05) is 0 Å². The fourth-order valence-corrected chi connectivity index (χ4v) is 0.385. The number of benzene rings is 1. The molecule has 13 heavy (non-hydrogen) atoms. The van der Waals surface area contributed by atoms with E-state index >= 15 is 0 Å². The molecule has 7 heteroatoms. The molecule has 0 aliphatic heterocycles. The largest absolute Gasteiger partial charge is 0.394 e. The van der Waals surface area contributed by atoms with Crippen molar-refractivity contribution in [1.82, 2.24) is 12.3 Å². The van der Waals surface area contributed by atoms with Gasteiger partial charge in [0.25, 0.3) is 0 Å². The van der Waals surface area contributed by atoms with Crippen LogP contribution in [0.3, 0.4) is 0 Å². The molecule has 0 bridgehead atoms. The molecule has 1 aromatic rings. The Morgan fingerprint density at radius 3 is 0.846 bits per heavy atom. The molecule has 6 nitrogen and oxygen atoms in total. The van der Waals surface area contributed by atoms with Crippen LogP contribution in [-0.2, 0) is 10.4 Å². The summed E-state index contributed by atoms with van der Waals surface area (Å²) in [5.41, 5.74) is 0. The van der Waals surface area contributed by atoms with E-state index in [0.29, 0.717) is 0 Å². The van der Waals surface area contributed by atoms with Gasteiger partial charge in [0.2, 0.25) is 0 Å². The maximum Gasteiger partial charge on any atom is 0.394 e. The lowest BCUT2D eigenvalue weighted by molar-refractivity contribution is 0.381. The van der Waals surface area contributed by atoms with Crippen molar-refractivity contribution in [2.45, 2.75) is 0 Å². The molecular weight excluding hydrogens is 196 g/mol. The molecule has 0 radical (unpaired) electrons. The van der Waals surface area contributed by atoms with Crippen LogP contribution in [0.25, 0.3) is 0 Å². The molecule has 0 aromatic heterocycles. The van der Waals surface area contributed by atoms with Crippen LogP contribution < -0.4 is 12.3 Å². The van der Waals surface area contributed by atoms with E-state index in [1.54, 1.807) is 0 Å². The van der Waals surface area contributed by atoms with E-state index < -0.39 is 10.4 Å². The van der Waals surface area contributed by atoms with E-state index in [4.69, 9.17) is 17.5 Å². The molecule has 0 atom stereocenters. The average Bonchev–Trinajstić information content (AvgIpc) is 1.88. The lowest BCUT2D eigenvalue weighted by atomic mass is 10.4. The molecule has 78 valence electrons. The first-order chi connectivity index (χ1) is 5.00. The minimum atomic E-state index is -4.67. The van der Waals surface area contributed by atoms with Gasteiger partial charge in [-0.1, -0.05) is 36.4 Å². The summed E-state index contributed by atoms with van der Waals surface area (Å²) < 4.78 is 31.6. The van der Waals surface area contributed by atoms with Crippen molar-refractivity contribution in [3.8, 4) is 0 Å². The van der Waals surface area contributed by atoms with Crippen LogP contribution in [0.15, 0.2) is 36.4 Å². The monoisotopic (exact) mass is 210 g/mol. The fraction of sp³-hybridized carbons (Fsp3) is 0. The fourth-order valence-electron chi connectivity index (χ4n) is 0.385. The Morgan fingerprint density at radius 1 is 0.692 bits per heavy atom. The van der Waals surface area contributed by atoms with Gasteiger partial charge in [-0.3, -0.25) is 9.11 Å². The third-order valence-corrected chi connectivity index (χ3v) is 0.667. The topological polar surface area (TPSA) is 145 Å². The number of hydrogen-bond donors (Lipinski definition) is 4. The van der Waals surface area contributed by atoms with Crippen molar-refractivity contribution in [3.05, 3.63) is 36.4 Å². The summed E-state index contributed by atoms with van der Waals surface area (Å²) in [5, 5.41) is 0. The van der Waals surface area contributed by atoms with Gasteiger partial charge in [0.05, 0.1) is 0 Å². The van der Waals surface area contributed by atoms with E-state index in [1.165, 1.54) is 0 Å². The Morgan fingerprint density at radius 2 is 0.769 bits per heavy atom. The van der Waals surface area contributed by atoms with Crippen molar-refractivity contribution >= 4 is 10.4 Å². The van der Waals surface area contributed by atoms with Crippen LogP contribution >= 0.6 is 0 Å². The van der Waals surface area contributed by atoms with Crippen LogP contribution in [0.5, 0.6) is 0 Å². The summed E-state index contributed by atoms with van der Waals surface area (Å²) in [5.74, 6) is 0. The van der Waals surface area contributed by atoms with Crippen molar-refractivity contribution in [1.29, 1.82) is 0 Å². The molecule has 0 amide bonds. The lowest BCUT2D eigenvalue weighted by Gasteiger charge is -1.69. The summed E-state index contributed by atoms with van der Waals surface area (Å²) in [4.78, 5) is 0. The molecule has 0 saturated heterocycles. The van der Waals surface area contributed by atoms with Gasteiger partial charge < -0.3 is 12.3 Å². The second-order valence-corrected chi connectivity index (χ2v) is 2.50. The molecule has 0 heterocycles. The van der Waals surface area contributed by atoms with Gasteiger partial charge in [-0.25, -0.2) is 0 Å². The SMILES string of the molecule is N.N.O=S(=O)(O)O.c1ccccc1. The third-order valence-electron chi connectivity index (χ3n) is 0.667. The molecular formula is C6H14N2O4S. The maximum absolute atomic E-state index is 8.74. The zero-order valence-corrected chi connectivity index (χ0v) is 7.81. The zero-order valence-electron chi connectivity index (χ0n) is 7.00. The first kappa shape index (κ1) is 17.9. The normalized spacial score (nSPS) is 8.15. The van der Waals surface area contributed by atoms with Gasteiger partial charge in [0, 0.05) is 0 Å². The highest BCUT2D eigenvalue weighted by Gasteiger charge is 1.84. The Bertz CT molecular complexity index is 239. The Labute approximate surface area is 77.3 Å². The van der Waals surface area contributed by atoms with Crippen LogP contribution in [0.4, 0.5) is 0 Å². The Balaban J connectivity index is -0.000000136. The zero-order chi connectivity index (χ0) is 8.74.